The highest BCUT2D eigenvalue weighted by Gasteiger charge is 2.50. The molecular weight excluding hydrogens is 471 g/mol. The van der Waals surface area contributed by atoms with Gasteiger partial charge in [0.15, 0.2) is 5.11 Å². The van der Waals surface area contributed by atoms with Crippen molar-refractivity contribution in [3.63, 3.8) is 0 Å². The van der Waals surface area contributed by atoms with Crippen LogP contribution in [0.4, 0.5) is 24.5 Å². The predicted molar refractivity (Wildman–Crippen MR) is 109 cm³/mol. The molecule has 5 nitrogen and oxygen atoms in total. The van der Waals surface area contributed by atoms with Crippen LogP contribution >= 0.6 is 28.1 Å². The van der Waals surface area contributed by atoms with Crippen LogP contribution in [0.5, 0.6) is 5.75 Å². The number of nitriles is 1. The van der Waals surface area contributed by atoms with Crippen LogP contribution in [0.3, 0.4) is 0 Å². The van der Waals surface area contributed by atoms with Crippen molar-refractivity contribution < 1.29 is 23.1 Å². The Balaban J connectivity index is 2.13. The molecule has 2 aromatic rings. The molecule has 0 saturated carbocycles. The number of phenols is 1. The molecule has 1 N–H and O–H groups in total. The summed E-state index contributed by atoms with van der Waals surface area (Å²) >= 11 is 8.63. The highest BCUT2D eigenvalue weighted by molar-refractivity contribution is 9.10. The van der Waals surface area contributed by atoms with E-state index in [9.17, 15) is 23.1 Å². The molecule has 29 heavy (non-hydrogen) atoms. The lowest BCUT2D eigenvalue weighted by molar-refractivity contribution is -0.137. The van der Waals surface area contributed by atoms with Crippen molar-refractivity contribution in [3.8, 4) is 11.8 Å². The van der Waals surface area contributed by atoms with Crippen LogP contribution in [0.1, 0.15) is 25.0 Å². The fourth-order valence-electron chi connectivity index (χ4n) is 3.09. The molecule has 10 heteroatoms. The first-order valence-corrected chi connectivity index (χ1v) is 9.38. The molecule has 1 amide bonds. The number of anilines is 2. The molecule has 150 valence electrons. The molecule has 2 aromatic carbocycles. The second-order valence-corrected chi connectivity index (χ2v) is 8.01. The summed E-state index contributed by atoms with van der Waals surface area (Å²) in [6.45, 7) is 3.19. The van der Waals surface area contributed by atoms with Crippen molar-refractivity contribution in [2.45, 2.75) is 25.6 Å². The number of thiocarbonyl (C=S) groups is 1. The quantitative estimate of drug-likeness (QED) is 0.611. The molecule has 1 fully saturated rings. The minimum absolute atomic E-state index is 0.0123. The Bertz CT molecular complexity index is 1080. The zero-order chi connectivity index (χ0) is 21.7. The van der Waals surface area contributed by atoms with Gasteiger partial charge < -0.3 is 10.0 Å². The zero-order valence-electron chi connectivity index (χ0n) is 15.1. The lowest BCUT2D eigenvalue weighted by Gasteiger charge is -2.29. The van der Waals surface area contributed by atoms with Crippen LogP contribution in [0.2, 0.25) is 0 Å². The molecule has 0 spiro atoms. The first kappa shape index (κ1) is 21.1. The summed E-state index contributed by atoms with van der Waals surface area (Å²) in [4.78, 5) is 15.6. The van der Waals surface area contributed by atoms with Gasteiger partial charge in [0.25, 0.3) is 5.91 Å². The normalized spacial score (nSPS) is 16.3. The number of carbonyl (C=O) groups is 1. The largest absolute Gasteiger partial charge is 0.507 e. The van der Waals surface area contributed by atoms with Gasteiger partial charge in [-0.05, 0) is 78.4 Å². The maximum atomic E-state index is 13.3. The van der Waals surface area contributed by atoms with Crippen LogP contribution in [-0.2, 0) is 11.0 Å². The van der Waals surface area contributed by atoms with Crippen LogP contribution in [0.25, 0.3) is 0 Å². The van der Waals surface area contributed by atoms with Crippen molar-refractivity contribution in [1.29, 1.82) is 5.26 Å². The molecule has 1 aliphatic heterocycles. The average molecular weight is 484 g/mol. The van der Waals surface area contributed by atoms with Gasteiger partial charge in [-0.1, -0.05) is 0 Å². The maximum Gasteiger partial charge on any atom is 0.417 e. The van der Waals surface area contributed by atoms with E-state index in [0.717, 1.165) is 17.0 Å². The lowest BCUT2D eigenvalue weighted by Crippen LogP contribution is -2.44. The van der Waals surface area contributed by atoms with E-state index < -0.39 is 28.7 Å². The first-order valence-electron chi connectivity index (χ1n) is 8.18. The lowest BCUT2D eigenvalue weighted by atomic mass is 10.0. The first-order chi connectivity index (χ1) is 13.4. The SMILES string of the molecule is CC1(C)C(=O)N(c2ccc(C#N)c(C(F)(F)F)c2)C(=S)N1c1ccc(O)c(Br)c1. The van der Waals surface area contributed by atoms with Gasteiger partial charge in [-0.2, -0.15) is 18.4 Å². The second-order valence-electron chi connectivity index (χ2n) is 6.79. The fraction of sp³-hybridized carbons (Fsp3) is 0.211. The second kappa shape index (κ2) is 7.00. The summed E-state index contributed by atoms with van der Waals surface area (Å²) in [6, 6.07) is 9.04. The topological polar surface area (TPSA) is 67.6 Å². The Morgan fingerprint density at radius 2 is 1.79 bits per heavy atom. The van der Waals surface area contributed by atoms with Crippen molar-refractivity contribution in [1.82, 2.24) is 0 Å². The summed E-state index contributed by atoms with van der Waals surface area (Å²) < 4.78 is 40.4. The average Bonchev–Trinajstić information content (AvgIpc) is 2.81. The van der Waals surface area contributed by atoms with Crippen LogP contribution < -0.4 is 9.80 Å². The monoisotopic (exact) mass is 483 g/mol. The predicted octanol–water partition coefficient (Wildman–Crippen LogP) is 4.96. The van der Waals surface area contributed by atoms with Crippen LogP contribution in [0.15, 0.2) is 40.9 Å². The van der Waals surface area contributed by atoms with Gasteiger partial charge in [-0.3, -0.25) is 9.69 Å². The minimum Gasteiger partial charge on any atom is -0.507 e. The molecule has 3 rings (SSSR count). The molecule has 1 saturated heterocycles. The number of carbonyl (C=O) groups excluding carboxylic acids is 1. The van der Waals surface area contributed by atoms with Crippen molar-refractivity contribution in [2.24, 2.45) is 0 Å². The number of aromatic hydroxyl groups is 1. The molecule has 1 heterocycles. The number of amides is 1. The number of rotatable bonds is 2. The van der Waals surface area contributed by atoms with E-state index in [2.05, 4.69) is 15.9 Å². The maximum absolute atomic E-state index is 13.3. The van der Waals surface area contributed by atoms with E-state index in [1.165, 1.54) is 23.1 Å². The van der Waals surface area contributed by atoms with E-state index in [1.54, 1.807) is 26.0 Å². The number of halogens is 4. The number of benzene rings is 2. The summed E-state index contributed by atoms with van der Waals surface area (Å²) in [6.07, 6.45) is -4.76. The Hall–Kier alpha value is -2.64. The molecule has 0 atom stereocenters. The molecule has 1 aliphatic rings. The standard InChI is InChI=1S/C19H13BrF3N3O2S/c1-18(2)16(28)25(11-4-3-10(9-24)13(7-11)19(21,22)23)17(29)26(18)12-5-6-15(27)14(20)8-12/h3-8,27H,1-2H3. The Kier molecular flexibility index (Phi) is 5.09. The summed E-state index contributed by atoms with van der Waals surface area (Å²) in [5.41, 5.74) is -2.49. The highest BCUT2D eigenvalue weighted by Crippen LogP contribution is 2.40. The number of hydrogen-bond donors (Lipinski definition) is 1. The van der Waals surface area contributed by atoms with Crippen LogP contribution in [-0.4, -0.2) is 21.7 Å². The van der Waals surface area contributed by atoms with E-state index in [4.69, 9.17) is 17.5 Å². The van der Waals surface area contributed by atoms with Gasteiger partial charge in [-0.25, -0.2) is 0 Å². The van der Waals surface area contributed by atoms with Gasteiger partial charge in [0.05, 0.1) is 27.4 Å². The van der Waals surface area contributed by atoms with E-state index in [1.807, 2.05) is 0 Å². The molecular formula is C19H13BrF3N3O2S. The Morgan fingerprint density at radius 3 is 2.34 bits per heavy atom. The van der Waals surface area contributed by atoms with Crippen molar-refractivity contribution >= 4 is 50.5 Å². The molecule has 0 radical (unpaired) electrons. The number of phenolic OH excluding ortho intramolecular Hbond substituents is 1. The zero-order valence-corrected chi connectivity index (χ0v) is 17.5. The van der Waals surface area contributed by atoms with Gasteiger partial charge in [0, 0.05) is 5.69 Å². The van der Waals surface area contributed by atoms with Crippen LogP contribution in [0, 0.1) is 11.3 Å². The number of nitrogens with zero attached hydrogens (tertiary/aromatic N) is 3. The van der Waals surface area contributed by atoms with Gasteiger partial charge >= 0.3 is 6.18 Å². The smallest absolute Gasteiger partial charge is 0.417 e. The number of alkyl halides is 3. The van der Waals surface area contributed by atoms with Gasteiger partial charge in [0.2, 0.25) is 0 Å². The van der Waals surface area contributed by atoms with Gasteiger partial charge in [-0.15, -0.1) is 0 Å². The van der Waals surface area contributed by atoms with E-state index >= 15 is 0 Å². The summed E-state index contributed by atoms with van der Waals surface area (Å²) in [7, 11) is 0. The number of hydrogen-bond acceptors (Lipinski definition) is 4. The molecule has 0 aromatic heterocycles. The highest BCUT2D eigenvalue weighted by atomic mass is 79.9. The van der Waals surface area contributed by atoms with Crippen molar-refractivity contribution in [3.05, 3.63) is 52.0 Å². The minimum atomic E-state index is -4.76. The fourth-order valence-corrected chi connectivity index (χ4v) is 3.98. The third kappa shape index (κ3) is 3.45. The molecule has 0 aliphatic carbocycles. The third-order valence-corrected chi connectivity index (χ3v) is 5.55. The molecule has 0 bridgehead atoms. The van der Waals surface area contributed by atoms with E-state index in [-0.39, 0.29) is 16.5 Å². The Labute approximate surface area is 178 Å². The van der Waals surface area contributed by atoms with Crippen molar-refractivity contribution in [2.75, 3.05) is 9.80 Å². The summed E-state index contributed by atoms with van der Waals surface area (Å²) in [5, 5.41) is 18.7. The summed E-state index contributed by atoms with van der Waals surface area (Å²) in [5.74, 6) is -0.536. The van der Waals surface area contributed by atoms with Gasteiger partial charge in [0.1, 0.15) is 11.3 Å². The van der Waals surface area contributed by atoms with E-state index in [0.29, 0.717) is 10.2 Å². The Morgan fingerprint density at radius 1 is 1.17 bits per heavy atom. The third-order valence-electron chi connectivity index (χ3n) is 4.54. The molecule has 0 unspecified atom stereocenters.